The van der Waals surface area contributed by atoms with Crippen molar-refractivity contribution in [3.63, 3.8) is 0 Å². The van der Waals surface area contributed by atoms with Crippen LogP contribution in [0, 0.1) is 0 Å². The molecule has 0 nitrogen and oxygen atoms in total. The average Bonchev–Trinajstić information content (AvgIpc) is 3.40. The van der Waals surface area contributed by atoms with Gasteiger partial charge in [-0.1, -0.05) is 318 Å². The second kappa shape index (κ2) is 19.1. The van der Waals surface area contributed by atoms with Crippen LogP contribution in [0.2, 0.25) is 0 Å². The molecule has 1 aliphatic carbocycles. The summed E-state index contributed by atoms with van der Waals surface area (Å²) in [5.41, 5.74) is 23.8. The van der Waals surface area contributed by atoms with Gasteiger partial charge in [0.1, 0.15) is 0 Å². The van der Waals surface area contributed by atoms with Gasteiger partial charge in [0.2, 0.25) is 13.4 Å². The van der Waals surface area contributed by atoms with Crippen LogP contribution in [0.4, 0.5) is 0 Å². The lowest BCUT2D eigenvalue weighted by molar-refractivity contribution is 0.590. The van der Waals surface area contributed by atoms with Crippen molar-refractivity contribution in [2.24, 2.45) is 0 Å². The first-order chi connectivity index (χ1) is 36.4. The maximum absolute atomic E-state index is 2.48. The number of rotatable bonds is 8. The van der Waals surface area contributed by atoms with Gasteiger partial charge in [0, 0.05) is 5.41 Å². The van der Waals surface area contributed by atoms with E-state index in [0.717, 1.165) is 0 Å². The molecule has 0 fully saturated rings. The van der Waals surface area contributed by atoms with Gasteiger partial charge in [-0.3, -0.25) is 0 Å². The highest BCUT2D eigenvalue weighted by atomic mass is 14.4. The molecule has 382 valence electrons. The molecule has 0 N–H and O–H groups in total. The minimum Gasteiger partial charge on any atom is -0.0686 e. The van der Waals surface area contributed by atoms with E-state index in [4.69, 9.17) is 0 Å². The van der Waals surface area contributed by atoms with Gasteiger partial charge in [-0.05, 0) is 128 Å². The molecule has 0 radical (unpaired) electrons. The third-order valence-corrected chi connectivity index (χ3v) is 17.2. The van der Waals surface area contributed by atoms with Crippen molar-refractivity contribution in [2.45, 2.75) is 124 Å². The van der Waals surface area contributed by atoms with Crippen molar-refractivity contribution in [2.75, 3.05) is 0 Å². The van der Waals surface area contributed by atoms with Crippen LogP contribution in [0.5, 0.6) is 0 Å². The minimum atomic E-state index is -0.209. The van der Waals surface area contributed by atoms with E-state index in [1.807, 2.05) is 0 Å². The van der Waals surface area contributed by atoms with E-state index in [9.17, 15) is 0 Å². The van der Waals surface area contributed by atoms with Gasteiger partial charge < -0.3 is 0 Å². The first kappa shape index (κ1) is 51.9. The first-order valence-electron chi connectivity index (χ1n) is 28.2. The molecule has 0 atom stereocenters. The fourth-order valence-corrected chi connectivity index (χ4v) is 12.3. The highest BCUT2D eigenvalue weighted by Crippen LogP contribution is 2.51. The quantitative estimate of drug-likeness (QED) is 0.105. The molecule has 0 unspecified atom stereocenters. The Morgan fingerprint density at radius 3 is 1.00 bits per heavy atom. The van der Waals surface area contributed by atoms with Crippen LogP contribution in [0.3, 0.4) is 0 Å². The Labute approximate surface area is 462 Å². The zero-order valence-corrected chi connectivity index (χ0v) is 48.3. The van der Waals surface area contributed by atoms with Gasteiger partial charge in [0.15, 0.2) is 0 Å². The van der Waals surface area contributed by atoms with Crippen molar-refractivity contribution >= 4 is 67.7 Å². The Kier molecular flexibility index (Phi) is 12.9. The Morgan fingerprint density at radius 2 is 0.623 bits per heavy atom. The summed E-state index contributed by atoms with van der Waals surface area (Å²) >= 11 is 0. The molecule has 2 heteroatoms. The smallest absolute Gasteiger partial charge is 0.0686 e. The van der Waals surface area contributed by atoms with Crippen LogP contribution < -0.4 is 32.8 Å². The third kappa shape index (κ3) is 9.84. The average molecular weight is 999 g/mol. The summed E-state index contributed by atoms with van der Waals surface area (Å²) in [4.78, 5) is 0. The Bertz CT molecular complexity index is 3670. The summed E-state index contributed by atoms with van der Waals surface area (Å²) in [7, 11) is 0. The minimum absolute atomic E-state index is 0.0991. The van der Waals surface area contributed by atoms with Crippen LogP contribution >= 0.6 is 0 Å². The van der Waals surface area contributed by atoms with Crippen LogP contribution in [-0.2, 0) is 27.1 Å². The molecule has 0 spiro atoms. The Balaban J connectivity index is 0.922. The van der Waals surface area contributed by atoms with Crippen LogP contribution in [-0.4, -0.2) is 13.4 Å². The van der Waals surface area contributed by atoms with Gasteiger partial charge in [0.25, 0.3) is 0 Å². The predicted molar refractivity (Wildman–Crippen MR) is 340 cm³/mol. The van der Waals surface area contributed by atoms with E-state index in [1.165, 1.54) is 121 Å². The molecule has 0 bridgehead atoms. The monoisotopic (exact) mass is 999 g/mol. The van der Waals surface area contributed by atoms with Crippen LogP contribution in [0.1, 0.15) is 130 Å². The van der Waals surface area contributed by atoms with E-state index in [-0.39, 0.29) is 40.5 Å². The highest BCUT2D eigenvalue weighted by Gasteiger charge is 2.35. The molecule has 0 aliphatic heterocycles. The lowest BCUT2D eigenvalue weighted by Crippen LogP contribution is -2.52. The number of benzene rings is 10. The lowest BCUT2D eigenvalue weighted by atomic mass is 9.36. The Morgan fingerprint density at radius 1 is 0.286 bits per heavy atom. The van der Waals surface area contributed by atoms with Crippen molar-refractivity contribution in [1.82, 2.24) is 0 Å². The number of hydrogen-bond donors (Lipinski definition) is 0. The molecule has 1 aliphatic rings. The van der Waals surface area contributed by atoms with Crippen molar-refractivity contribution in [3.8, 4) is 33.4 Å². The molecule has 10 aromatic carbocycles. The SMILES string of the molecule is CC(C)(C)c1ccc(B(c2ccc(-c3ccc4c(c3)C(C)(C)c3cccc5c3c-4cc3ccc(-c4ccc(B(c6ccc(C(C)(C)C)cc6)c6ccc(C(C)(C)C)cc6)cc4)cc35)cc2)c2ccc(C(C)(C)C)cc2)cc1. The van der Waals surface area contributed by atoms with Crippen molar-refractivity contribution in [1.29, 1.82) is 0 Å². The van der Waals surface area contributed by atoms with Crippen molar-refractivity contribution < 1.29 is 0 Å². The number of fused-ring (bicyclic) bond motifs is 4. The topological polar surface area (TPSA) is 0 Å². The van der Waals surface area contributed by atoms with Crippen LogP contribution in [0.25, 0.3) is 54.9 Å². The number of hydrogen-bond acceptors (Lipinski definition) is 0. The predicted octanol–water partition coefficient (Wildman–Crippen LogP) is 15.9. The summed E-state index contributed by atoms with van der Waals surface area (Å²) in [5.74, 6) is 0. The molecule has 77 heavy (non-hydrogen) atoms. The molecule has 0 amide bonds. The van der Waals surface area contributed by atoms with Crippen molar-refractivity contribution in [3.05, 3.63) is 240 Å². The van der Waals surface area contributed by atoms with Gasteiger partial charge in [0.05, 0.1) is 0 Å². The Hall–Kier alpha value is -7.15. The lowest BCUT2D eigenvalue weighted by Gasteiger charge is -2.36. The molecule has 11 rings (SSSR count). The largest absolute Gasteiger partial charge is 0.241 e. The molecule has 0 saturated heterocycles. The third-order valence-electron chi connectivity index (χ3n) is 17.2. The standard InChI is InChI=1S/C75H76B2/c1-71(2,3)54-25-37-60(38-26-54)76(61-39-27-55(28-40-61)72(4,5)6)58-33-20-49(21-34-58)51-18-19-53-47-67-64-45-24-52(48-69(64)75(13,14)68-17-15-16-65(70(67)68)66(53)46-51)50-22-35-59(36-23-50)77(62-41-29-56(30-42-62)73(7,8)9)63-43-31-57(32-44-63)74(10,11)12/h15-48H,1-14H3. The van der Waals surface area contributed by atoms with E-state index >= 15 is 0 Å². The zero-order valence-electron chi connectivity index (χ0n) is 48.3. The molecule has 0 aromatic heterocycles. The molecular formula is C75H76B2. The summed E-state index contributed by atoms with van der Waals surface area (Å²) in [6.07, 6.45) is 0. The molecular weight excluding hydrogens is 922 g/mol. The second-order valence-corrected chi connectivity index (χ2v) is 27.1. The summed E-state index contributed by atoms with van der Waals surface area (Å²) in [6, 6.07) is 79.9. The maximum atomic E-state index is 2.48. The van der Waals surface area contributed by atoms with Gasteiger partial charge in [-0.2, -0.15) is 0 Å². The van der Waals surface area contributed by atoms with E-state index in [0.29, 0.717) is 0 Å². The van der Waals surface area contributed by atoms with Crippen LogP contribution in [0.15, 0.2) is 206 Å². The first-order valence-corrected chi connectivity index (χ1v) is 28.2. The molecule has 10 aromatic rings. The fourth-order valence-electron chi connectivity index (χ4n) is 12.3. The normalized spacial score (nSPS) is 13.4. The molecule has 0 saturated carbocycles. The second-order valence-electron chi connectivity index (χ2n) is 27.1. The summed E-state index contributed by atoms with van der Waals surface area (Å²) in [6.45, 7) is 32.6. The van der Waals surface area contributed by atoms with E-state index < -0.39 is 0 Å². The fraction of sp³-hybridized carbons (Fsp3) is 0.253. The molecule has 0 heterocycles. The van der Waals surface area contributed by atoms with E-state index in [1.54, 1.807) is 0 Å². The van der Waals surface area contributed by atoms with Gasteiger partial charge in [-0.25, -0.2) is 0 Å². The summed E-state index contributed by atoms with van der Waals surface area (Å²) in [5, 5.41) is 5.26. The van der Waals surface area contributed by atoms with E-state index in [2.05, 4.69) is 303 Å². The maximum Gasteiger partial charge on any atom is 0.241 e. The van der Waals surface area contributed by atoms with Gasteiger partial charge in [-0.15, -0.1) is 0 Å². The summed E-state index contributed by atoms with van der Waals surface area (Å²) < 4.78 is 0. The zero-order chi connectivity index (χ0) is 54.4. The highest BCUT2D eigenvalue weighted by molar-refractivity contribution is 6.96. The van der Waals surface area contributed by atoms with Gasteiger partial charge >= 0.3 is 0 Å².